The summed E-state index contributed by atoms with van der Waals surface area (Å²) >= 11 is 0. The van der Waals surface area contributed by atoms with E-state index in [2.05, 4.69) is 5.32 Å². The summed E-state index contributed by atoms with van der Waals surface area (Å²) in [7, 11) is 0. The zero-order valence-corrected chi connectivity index (χ0v) is 19.2. The third-order valence-electron chi connectivity index (χ3n) is 4.77. The van der Waals surface area contributed by atoms with Crippen molar-refractivity contribution in [3.63, 3.8) is 0 Å². The Hall–Kier alpha value is -4.73. The van der Waals surface area contributed by atoms with Crippen LogP contribution in [0.4, 0.5) is 0 Å². The number of hydrogen-bond donors (Lipinski definition) is 9. The van der Waals surface area contributed by atoms with Gasteiger partial charge in [0.25, 0.3) is 0 Å². The first kappa shape index (κ1) is 30.3. The minimum absolute atomic E-state index is 0.0783. The SMILES string of the molecule is NC(=O)CC(NC(=O)C(N)CC(=O)O)C(=O)NC(CC(=O)O)C(=O)NC(Cc1ccc(O)cc1)C(=O)O. The Morgan fingerprint density at radius 2 is 1.16 bits per heavy atom. The van der Waals surface area contributed by atoms with Crippen molar-refractivity contribution in [2.45, 2.75) is 49.9 Å². The highest BCUT2D eigenvalue weighted by Crippen LogP contribution is 2.12. The van der Waals surface area contributed by atoms with Crippen LogP contribution in [0.25, 0.3) is 0 Å². The molecule has 0 aromatic heterocycles. The molecule has 0 heterocycles. The summed E-state index contributed by atoms with van der Waals surface area (Å²) in [4.78, 5) is 82.5. The number of nitrogens with two attached hydrogens (primary N) is 2. The van der Waals surface area contributed by atoms with Crippen molar-refractivity contribution in [3.8, 4) is 5.75 Å². The summed E-state index contributed by atoms with van der Waals surface area (Å²) in [6.07, 6.45) is -2.87. The molecule has 4 atom stereocenters. The lowest BCUT2D eigenvalue weighted by Gasteiger charge is -2.24. The molecule has 202 valence electrons. The number of rotatable bonds is 15. The number of primary amides is 1. The van der Waals surface area contributed by atoms with Crippen molar-refractivity contribution >= 4 is 41.5 Å². The number of carbonyl (C=O) groups excluding carboxylic acids is 4. The summed E-state index contributed by atoms with van der Waals surface area (Å²) in [5.74, 6) is -9.18. The van der Waals surface area contributed by atoms with E-state index in [9.17, 15) is 43.8 Å². The molecule has 4 amide bonds. The number of nitrogens with one attached hydrogen (secondary N) is 3. The van der Waals surface area contributed by atoms with E-state index in [-0.39, 0.29) is 12.2 Å². The molecule has 16 heteroatoms. The molecular weight excluding hydrogens is 498 g/mol. The van der Waals surface area contributed by atoms with Gasteiger partial charge in [0.05, 0.1) is 25.3 Å². The predicted molar refractivity (Wildman–Crippen MR) is 122 cm³/mol. The molecule has 0 saturated carbocycles. The fraction of sp³-hybridized carbons (Fsp3) is 0.381. The van der Waals surface area contributed by atoms with E-state index < -0.39 is 85.0 Å². The second kappa shape index (κ2) is 14.0. The molecule has 11 N–H and O–H groups in total. The number of carboxylic acid groups (broad SMARTS) is 3. The molecule has 0 saturated heterocycles. The molecule has 0 aliphatic rings. The Bertz CT molecular complexity index is 1040. The second-order valence-electron chi connectivity index (χ2n) is 7.86. The minimum atomic E-state index is -1.84. The molecule has 0 bridgehead atoms. The highest BCUT2D eigenvalue weighted by atomic mass is 16.4. The lowest BCUT2D eigenvalue weighted by molar-refractivity contribution is -0.143. The van der Waals surface area contributed by atoms with Crippen LogP contribution in [0.2, 0.25) is 0 Å². The third-order valence-corrected chi connectivity index (χ3v) is 4.77. The van der Waals surface area contributed by atoms with Crippen molar-refractivity contribution in [1.82, 2.24) is 16.0 Å². The number of hydrogen-bond acceptors (Lipinski definition) is 9. The van der Waals surface area contributed by atoms with Gasteiger partial charge in [0.1, 0.15) is 23.9 Å². The lowest BCUT2D eigenvalue weighted by Crippen LogP contribution is -2.58. The molecule has 4 unspecified atom stereocenters. The Morgan fingerprint density at radius 3 is 1.62 bits per heavy atom. The Labute approximate surface area is 209 Å². The molecule has 0 aliphatic carbocycles. The molecular formula is C21H27N5O11. The fourth-order valence-electron chi connectivity index (χ4n) is 2.97. The lowest BCUT2D eigenvalue weighted by atomic mass is 10.0. The molecule has 1 aromatic rings. The van der Waals surface area contributed by atoms with Crippen LogP contribution in [-0.4, -0.2) is 86.1 Å². The Balaban J connectivity index is 3.04. The van der Waals surface area contributed by atoms with Gasteiger partial charge in [0, 0.05) is 6.42 Å². The van der Waals surface area contributed by atoms with Crippen LogP contribution in [0.1, 0.15) is 24.8 Å². The number of phenols is 1. The smallest absolute Gasteiger partial charge is 0.326 e. The first-order valence-electron chi connectivity index (χ1n) is 10.6. The number of carbonyl (C=O) groups is 7. The number of carboxylic acids is 3. The topological polar surface area (TPSA) is 289 Å². The van der Waals surface area contributed by atoms with Crippen molar-refractivity contribution in [1.29, 1.82) is 0 Å². The number of phenolic OH excluding ortho intramolecular Hbond substituents is 1. The molecule has 0 fully saturated rings. The van der Waals surface area contributed by atoms with Gasteiger partial charge in [0.2, 0.25) is 23.6 Å². The summed E-state index contributed by atoms with van der Waals surface area (Å²) in [5.41, 5.74) is 10.9. The van der Waals surface area contributed by atoms with E-state index in [1.807, 2.05) is 10.6 Å². The Morgan fingerprint density at radius 1 is 0.703 bits per heavy atom. The van der Waals surface area contributed by atoms with E-state index in [0.717, 1.165) is 0 Å². The molecule has 1 rings (SSSR count). The maximum Gasteiger partial charge on any atom is 0.326 e. The van der Waals surface area contributed by atoms with Crippen LogP contribution in [0, 0.1) is 0 Å². The van der Waals surface area contributed by atoms with Crippen molar-refractivity contribution < 1.29 is 54.0 Å². The van der Waals surface area contributed by atoms with E-state index in [1.165, 1.54) is 24.3 Å². The molecule has 0 spiro atoms. The minimum Gasteiger partial charge on any atom is -0.508 e. The highest BCUT2D eigenvalue weighted by molar-refractivity contribution is 5.97. The van der Waals surface area contributed by atoms with Crippen LogP contribution in [0.3, 0.4) is 0 Å². The molecule has 37 heavy (non-hydrogen) atoms. The van der Waals surface area contributed by atoms with E-state index in [0.29, 0.717) is 5.56 Å². The number of amides is 4. The van der Waals surface area contributed by atoms with Crippen LogP contribution in [0.15, 0.2) is 24.3 Å². The van der Waals surface area contributed by atoms with Gasteiger partial charge in [-0.05, 0) is 17.7 Å². The zero-order valence-electron chi connectivity index (χ0n) is 19.2. The van der Waals surface area contributed by atoms with Gasteiger partial charge in [-0.25, -0.2) is 4.79 Å². The maximum atomic E-state index is 12.7. The molecule has 0 radical (unpaired) electrons. The predicted octanol–water partition coefficient (Wildman–Crippen LogP) is -3.37. The molecule has 16 nitrogen and oxygen atoms in total. The van der Waals surface area contributed by atoms with Crippen molar-refractivity contribution in [2.75, 3.05) is 0 Å². The highest BCUT2D eigenvalue weighted by Gasteiger charge is 2.32. The summed E-state index contributed by atoms with van der Waals surface area (Å²) < 4.78 is 0. The van der Waals surface area contributed by atoms with Gasteiger partial charge in [-0.15, -0.1) is 0 Å². The van der Waals surface area contributed by atoms with Gasteiger partial charge in [-0.2, -0.15) is 0 Å². The second-order valence-corrected chi connectivity index (χ2v) is 7.86. The zero-order chi connectivity index (χ0) is 28.3. The summed E-state index contributed by atoms with van der Waals surface area (Å²) in [6, 6.07) is -1.36. The monoisotopic (exact) mass is 525 g/mol. The standard InChI is InChI=1S/C21H27N5O11/c22-11(6-16(29)30)18(33)24-12(7-15(23)28)19(34)25-13(8-17(31)32)20(35)26-14(21(36)37)5-9-1-3-10(27)4-2-9/h1-4,11-14,27H,5-8,22H2,(H2,23,28)(H,24,33)(H,25,34)(H,26,35)(H,29,30)(H,31,32)(H,36,37). The van der Waals surface area contributed by atoms with Crippen LogP contribution in [0.5, 0.6) is 5.75 Å². The van der Waals surface area contributed by atoms with E-state index >= 15 is 0 Å². The van der Waals surface area contributed by atoms with Gasteiger partial charge in [-0.3, -0.25) is 28.8 Å². The summed E-state index contributed by atoms with van der Waals surface area (Å²) in [5, 5.41) is 42.8. The van der Waals surface area contributed by atoms with Crippen molar-refractivity contribution in [3.05, 3.63) is 29.8 Å². The third kappa shape index (κ3) is 11.0. The van der Waals surface area contributed by atoms with Crippen LogP contribution < -0.4 is 27.4 Å². The van der Waals surface area contributed by atoms with E-state index in [1.54, 1.807) is 0 Å². The van der Waals surface area contributed by atoms with Gasteiger partial charge < -0.3 is 47.8 Å². The molecule has 1 aromatic carbocycles. The van der Waals surface area contributed by atoms with Crippen LogP contribution in [-0.2, 0) is 40.0 Å². The quantitative estimate of drug-likeness (QED) is 0.108. The van der Waals surface area contributed by atoms with E-state index in [4.69, 9.17) is 21.7 Å². The van der Waals surface area contributed by atoms with Crippen LogP contribution >= 0.6 is 0 Å². The largest absolute Gasteiger partial charge is 0.508 e. The number of aliphatic carboxylic acids is 3. The summed E-state index contributed by atoms with van der Waals surface area (Å²) in [6.45, 7) is 0. The average Bonchev–Trinajstić information content (AvgIpc) is 2.77. The Kier molecular flexibility index (Phi) is 11.4. The van der Waals surface area contributed by atoms with Crippen molar-refractivity contribution in [2.24, 2.45) is 11.5 Å². The number of aromatic hydroxyl groups is 1. The van der Waals surface area contributed by atoms with Gasteiger partial charge in [-0.1, -0.05) is 12.1 Å². The van der Waals surface area contributed by atoms with Gasteiger partial charge >= 0.3 is 17.9 Å². The fourth-order valence-corrected chi connectivity index (χ4v) is 2.97. The maximum absolute atomic E-state index is 12.7. The first-order chi connectivity index (χ1) is 17.2. The number of benzene rings is 1. The normalized spacial score (nSPS) is 13.8. The molecule has 0 aliphatic heterocycles. The first-order valence-corrected chi connectivity index (χ1v) is 10.6. The van der Waals surface area contributed by atoms with Gasteiger partial charge in [0.15, 0.2) is 0 Å². The average molecular weight is 525 g/mol.